The average molecular weight is 86.2 g/mol. The Hall–Kier alpha value is -0.0400. The van der Waals surface area contributed by atoms with Gasteiger partial charge in [-0.3, -0.25) is 7.05 Å². The van der Waals surface area contributed by atoms with Crippen LogP contribution >= 0.6 is 0 Å². The molecule has 6 heavy (non-hydrogen) atoms. The normalized spacial score (nSPS) is 11.0. The Labute approximate surface area is 40.0 Å². The molecule has 0 aliphatic heterocycles. The molecule has 0 bridgehead atoms. The summed E-state index contributed by atoms with van der Waals surface area (Å²) in [7, 11) is 5.63. The maximum absolute atomic E-state index is 3.67. The predicted molar refractivity (Wildman–Crippen MR) is 28.3 cm³/mol. The molecule has 38 valence electrons. The van der Waals surface area contributed by atoms with Crippen LogP contribution < -0.4 is 0 Å². The van der Waals surface area contributed by atoms with Crippen LogP contribution in [-0.4, -0.2) is 18.0 Å². The van der Waals surface area contributed by atoms with Crippen molar-refractivity contribution in [3.8, 4) is 0 Å². The van der Waals surface area contributed by atoms with Gasteiger partial charge in [0.05, 0.1) is 0 Å². The van der Waals surface area contributed by atoms with E-state index in [-0.39, 0.29) is 0 Å². The lowest BCUT2D eigenvalue weighted by Gasteiger charge is -2.22. The van der Waals surface area contributed by atoms with Gasteiger partial charge >= 0.3 is 0 Å². The van der Waals surface area contributed by atoms with E-state index >= 15 is 0 Å². The van der Waals surface area contributed by atoms with Crippen molar-refractivity contribution in [3.63, 3.8) is 0 Å². The summed E-state index contributed by atoms with van der Waals surface area (Å²) in [6.07, 6.45) is 0. The molecule has 1 nitrogen and oxygen atoms in total. The van der Waals surface area contributed by atoms with Crippen LogP contribution in [0.4, 0.5) is 0 Å². The number of nitrogens with zero attached hydrogens (tertiary/aromatic N) is 1. The van der Waals surface area contributed by atoms with Crippen LogP contribution in [-0.2, 0) is 0 Å². The molecular weight excluding hydrogens is 74.1 g/mol. The Morgan fingerprint density at radius 2 is 1.67 bits per heavy atom. The molecule has 0 radical (unpaired) electrons. The van der Waals surface area contributed by atoms with Crippen molar-refractivity contribution < 1.29 is 0 Å². The van der Waals surface area contributed by atoms with Crippen LogP contribution in [0.15, 0.2) is 0 Å². The predicted octanol–water partition coefficient (Wildman–Crippen LogP) is 1.12. The highest BCUT2D eigenvalue weighted by atomic mass is 15.1. The van der Waals surface area contributed by atoms with Gasteiger partial charge in [-0.2, -0.15) is 0 Å². The molecule has 0 aromatic carbocycles. The van der Waals surface area contributed by atoms with E-state index in [0.717, 1.165) is 0 Å². The SMILES string of the molecule is [CH2-]N(C)C(C)C. The fourth-order valence-corrected chi connectivity index (χ4v) is 0. The largest absolute Gasteiger partial charge is 0.460 e. The highest BCUT2D eigenvalue weighted by Crippen LogP contribution is 1.86. The van der Waals surface area contributed by atoms with Gasteiger partial charge in [0.25, 0.3) is 0 Å². The number of hydrogen-bond acceptors (Lipinski definition) is 1. The molecule has 0 aromatic rings. The molecule has 0 amide bonds. The standard InChI is InChI=1S/C5H12N/c1-5(2)6(3)4/h5H,3H2,1-2,4H3/q-1. The number of rotatable bonds is 1. The first-order valence-corrected chi connectivity index (χ1v) is 2.18. The molecule has 0 spiro atoms. The van der Waals surface area contributed by atoms with Crippen molar-refractivity contribution in [2.45, 2.75) is 19.9 Å². The van der Waals surface area contributed by atoms with Crippen LogP contribution in [0, 0.1) is 7.05 Å². The second-order valence-electron chi connectivity index (χ2n) is 1.85. The average Bonchev–Trinajstić information content (AvgIpc) is 1.36. The Morgan fingerprint density at radius 3 is 1.67 bits per heavy atom. The highest BCUT2D eigenvalue weighted by Gasteiger charge is 1.83. The lowest BCUT2D eigenvalue weighted by Crippen LogP contribution is -2.17. The smallest absolute Gasteiger partial charge is 0.0244 e. The molecule has 0 unspecified atom stereocenters. The van der Waals surface area contributed by atoms with Crippen LogP contribution in [0.3, 0.4) is 0 Å². The van der Waals surface area contributed by atoms with Gasteiger partial charge in [-0.1, -0.05) is 13.8 Å². The summed E-state index contributed by atoms with van der Waals surface area (Å²) in [6.45, 7) is 4.21. The molecule has 0 N–H and O–H groups in total. The van der Waals surface area contributed by atoms with E-state index in [1.807, 2.05) is 11.9 Å². The van der Waals surface area contributed by atoms with Crippen LogP contribution in [0.5, 0.6) is 0 Å². The first kappa shape index (κ1) is 5.96. The zero-order valence-electron chi connectivity index (χ0n) is 4.73. The quantitative estimate of drug-likeness (QED) is 0.432. The Bertz CT molecular complexity index is 24.9. The molecule has 0 aromatic heterocycles. The van der Waals surface area contributed by atoms with E-state index in [4.69, 9.17) is 0 Å². The van der Waals surface area contributed by atoms with Gasteiger partial charge in [-0.15, -0.1) is 0 Å². The fourth-order valence-electron chi connectivity index (χ4n) is 0. The van der Waals surface area contributed by atoms with E-state index in [2.05, 4.69) is 20.9 Å². The van der Waals surface area contributed by atoms with E-state index < -0.39 is 0 Å². The van der Waals surface area contributed by atoms with Gasteiger partial charge in [0.15, 0.2) is 0 Å². The van der Waals surface area contributed by atoms with Gasteiger partial charge in [0.1, 0.15) is 0 Å². The van der Waals surface area contributed by atoms with E-state index in [1.54, 1.807) is 0 Å². The summed E-state index contributed by atoms with van der Waals surface area (Å²) in [5, 5.41) is 0. The maximum Gasteiger partial charge on any atom is -0.0244 e. The molecule has 0 saturated heterocycles. The first-order valence-electron chi connectivity index (χ1n) is 2.18. The summed E-state index contributed by atoms with van der Waals surface area (Å²) < 4.78 is 0. The second kappa shape index (κ2) is 2.19. The van der Waals surface area contributed by atoms with Gasteiger partial charge < -0.3 is 4.90 Å². The van der Waals surface area contributed by atoms with E-state index in [0.29, 0.717) is 6.04 Å². The molecule has 0 fully saturated rings. The third kappa shape index (κ3) is 2.21. The summed E-state index contributed by atoms with van der Waals surface area (Å²) in [4.78, 5) is 1.92. The molecule has 0 saturated carbocycles. The summed E-state index contributed by atoms with van der Waals surface area (Å²) in [5.41, 5.74) is 0. The van der Waals surface area contributed by atoms with Crippen LogP contribution in [0.1, 0.15) is 13.8 Å². The lowest BCUT2D eigenvalue weighted by molar-refractivity contribution is 0.370. The van der Waals surface area contributed by atoms with Crippen molar-refractivity contribution >= 4 is 0 Å². The van der Waals surface area contributed by atoms with Crippen molar-refractivity contribution in [2.24, 2.45) is 0 Å². The highest BCUT2D eigenvalue weighted by molar-refractivity contribution is 4.50. The van der Waals surface area contributed by atoms with Gasteiger partial charge in [0, 0.05) is 0 Å². The van der Waals surface area contributed by atoms with Gasteiger partial charge in [0.2, 0.25) is 0 Å². The Kier molecular flexibility index (Phi) is 2.18. The topological polar surface area (TPSA) is 3.24 Å². The molecule has 0 rings (SSSR count). The molecular formula is C5H12N-. The minimum atomic E-state index is 0.574. The second-order valence-corrected chi connectivity index (χ2v) is 1.85. The Morgan fingerprint density at radius 1 is 1.50 bits per heavy atom. The third-order valence-corrected chi connectivity index (χ3v) is 0.882. The molecule has 0 atom stereocenters. The van der Waals surface area contributed by atoms with Crippen LogP contribution in [0.2, 0.25) is 0 Å². The van der Waals surface area contributed by atoms with Crippen molar-refractivity contribution in [3.05, 3.63) is 7.05 Å². The monoisotopic (exact) mass is 86.1 g/mol. The van der Waals surface area contributed by atoms with Gasteiger partial charge in [-0.25, -0.2) is 0 Å². The molecule has 1 heteroatoms. The molecule has 0 aliphatic rings. The minimum Gasteiger partial charge on any atom is -0.460 e. The maximum atomic E-state index is 3.67. The van der Waals surface area contributed by atoms with Crippen LogP contribution in [0.25, 0.3) is 0 Å². The van der Waals surface area contributed by atoms with Crippen molar-refractivity contribution in [2.75, 3.05) is 7.05 Å². The van der Waals surface area contributed by atoms with Gasteiger partial charge in [-0.05, 0) is 13.1 Å². The van der Waals surface area contributed by atoms with E-state index in [1.165, 1.54) is 0 Å². The number of hydrogen-bond donors (Lipinski definition) is 0. The zero-order chi connectivity index (χ0) is 5.15. The Balaban J connectivity index is 2.99. The summed E-state index contributed by atoms with van der Waals surface area (Å²) in [5.74, 6) is 0. The van der Waals surface area contributed by atoms with E-state index in [9.17, 15) is 0 Å². The van der Waals surface area contributed by atoms with Crippen molar-refractivity contribution in [1.29, 1.82) is 0 Å². The summed E-state index contributed by atoms with van der Waals surface area (Å²) >= 11 is 0. The fraction of sp³-hybridized carbons (Fsp3) is 0.800. The lowest BCUT2D eigenvalue weighted by atomic mass is 10.4. The first-order chi connectivity index (χ1) is 2.64. The minimum absolute atomic E-state index is 0.574. The third-order valence-electron chi connectivity index (χ3n) is 0.882. The molecule has 0 aliphatic carbocycles. The van der Waals surface area contributed by atoms with Crippen molar-refractivity contribution in [1.82, 2.24) is 4.90 Å². The zero-order valence-corrected chi connectivity index (χ0v) is 4.73. The summed E-state index contributed by atoms with van der Waals surface area (Å²) in [6, 6.07) is 0.574. The molecule has 0 heterocycles.